The van der Waals surface area contributed by atoms with Gasteiger partial charge in [0.25, 0.3) is 0 Å². The molecule has 1 saturated heterocycles. The molecule has 0 amide bonds. The van der Waals surface area contributed by atoms with Gasteiger partial charge in [-0.3, -0.25) is 0 Å². The summed E-state index contributed by atoms with van der Waals surface area (Å²) in [4.78, 5) is 14.4. The zero-order valence-corrected chi connectivity index (χ0v) is 31.8. The summed E-state index contributed by atoms with van der Waals surface area (Å²) in [5.41, 5.74) is 2.99. The summed E-state index contributed by atoms with van der Waals surface area (Å²) < 4.78 is 38.2. The molecule has 9 heteroatoms. The minimum atomic E-state index is -1.37. The van der Waals surface area contributed by atoms with Crippen molar-refractivity contribution in [2.45, 2.75) is 94.8 Å². The summed E-state index contributed by atoms with van der Waals surface area (Å²) in [5.74, 6) is -0.389. The van der Waals surface area contributed by atoms with Crippen LogP contribution in [0.5, 0.6) is 0 Å². The van der Waals surface area contributed by atoms with Crippen molar-refractivity contribution in [3.05, 3.63) is 118 Å². The van der Waals surface area contributed by atoms with Crippen molar-refractivity contribution in [2.24, 2.45) is 0 Å². The molecule has 3 aromatic carbocycles. The van der Waals surface area contributed by atoms with Gasteiger partial charge in [-0.25, -0.2) is 0 Å². The molecule has 0 unspecified atom stereocenters. The molecule has 248 valence electrons. The first-order valence-corrected chi connectivity index (χ1v) is 19.7. The standard InChI is InChI=1S/C34H36NO6S.C4H9.Sn/c1-34(2,3)41-33(36)27-19-29(42-35-27)31-32(39-22-26-17-11-6-12-18-26)30(38-21-25-15-9-5-10-16-25)28(40-31)23-37-20-24-13-7-4-8-14-24;1-4(2)3;/h4-18,28,30-32H,20-23H2,1-3H3;1-3H3;/t28-,30-,31+,32-;;/m1../s1. The summed E-state index contributed by atoms with van der Waals surface area (Å²) in [5, 5.41) is 0. The van der Waals surface area contributed by atoms with E-state index in [2.05, 4.69) is 45.0 Å². The third-order valence-electron chi connectivity index (χ3n) is 7.34. The van der Waals surface area contributed by atoms with Crippen LogP contribution in [0.25, 0.3) is 0 Å². The number of carbonyl (C=O) groups excluding carboxylic acids is 1. The molecule has 7 nitrogen and oxygen atoms in total. The number of aromatic nitrogens is 1. The molecule has 0 saturated carbocycles. The monoisotopic (exact) mass is 763 g/mol. The van der Waals surface area contributed by atoms with Gasteiger partial charge in [0.15, 0.2) is 0 Å². The Kier molecular flexibility index (Phi) is 12.3. The van der Waals surface area contributed by atoms with Gasteiger partial charge in [0.1, 0.15) is 0 Å². The Morgan fingerprint density at radius 1 is 0.766 bits per heavy atom. The van der Waals surface area contributed by atoms with E-state index in [1.54, 1.807) is 0 Å². The average molecular weight is 763 g/mol. The van der Waals surface area contributed by atoms with Gasteiger partial charge in [-0.1, -0.05) is 0 Å². The summed E-state index contributed by atoms with van der Waals surface area (Å²) in [6, 6.07) is 30.4. The third kappa shape index (κ3) is 10.4. The van der Waals surface area contributed by atoms with Crippen molar-refractivity contribution in [2.75, 3.05) is 6.61 Å². The van der Waals surface area contributed by atoms with Crippen LogP contribution in [0.3, 0.4) is 0 Å². The fraction of sp³-hybridized carbons (Fsp3) is 0.421. The summed E-state index contributed by atoms with van der Waals surface area (Å²) in [7, 11) is 0. The van der Waals surface area contributed by atoms with Gasteiger partial charge in [0.05, 0.1) is 0 Å². The third-order valence-corrected chi connectivity index (χ3v) is 13.1. The van der Waals surface area contributed by atoms with Gasteiger partial charge in [-0.2, -0.15) is 0 Å². The summed E-state index contributed by atoms with van der Waals surface area (Å²) >= 11 is -0.0432. The Morgan fingerprint density at radius 3 is 1.79 bits per heavy atom. The van der Waals surface area contributed by atoms with Gasteiger partial charge >= 0.3 is 295 Å². The average Bonchev–Trinajstić information content (AvgIpc) is 3.59. The van der Waals surface area contributed by atoms with Crippen molar-refractivity contribution in [1.82, 2.24) is 4.37 Å². The predicted octanol–water partition coefficient (Wildman–Crippen LogP) is 7.47. The van der Waals surface area contributed by atoms with Gasteiger partial charge in [0, 0.05) is 0 Å². The predicted molar refractivity (Wildman–Crippen MR) is 186 cm³/mol. The molecule has 1 fully saturated rings. The zero-order chi connectivity index (χ0) is 33.4. The molecule has 1 aromatic heterocycles. The van der Waals surface area contributed by atoms with Gasteiger partial charge in [0.2, 0.25) is 0 Å². The van der Waals surface area contributed by atoms with Gasteiger partial charge < -0.3 is 0 Å². The Morgan fingerprint density at radius 2 is 1.28 bits per heavy atom. The Labute approximate surface area is 293 Å². The number of ether oxygens (including phenoxy) is 5. The molecular weight excluding hydrogens is 717 g/mol. The van der Waals surface area contributed by atoms with E-state index in [1.807, 2.05) is 87.5 Å². The van der Waals surface area contributed by atoms with Crippen molar-refractivity contribution in [3.8, 4) is 0 Å². The first-order valence-electron chi connectivity index (χ1n) is 16.1. The van der Waals surface area contributed by atoms with Gasteiger partial charge in [-0.15, -0.1) is 0 Å². The van der Waals surface area contributed by atoms with Gasteiger partial charge in [-0.05, 0) is 0 Å². The molecule has 1 aliphatic rings. The number of nitrogens with zero attached hydrogens (tertiary/aromatic N) is 1. The van der Waals surface area contributed by atoms with Crippen LogP contribution in [-0.2, 0) is 43.5 Å². The second kappa shape index (κ2) is 16.2. The summed E-state index contributed by atoms with van der Waals surface area (Å²) in [6.45, 7) is 13.9. The van der Waals surface area contributed by atoms with E-state index in [1.165, 1.54) is 11.5 Å². The van der Waals surface area contributed by atoms with Crippen molar-refractivity contribution < 1.29 is 28.5 Å². The number of rotatable bonds is 13. The fourth-order valence-electron chi connectivity index (χ4n) is 5.32. The maximum absolute atomic E-state index is 13.5. The molecule has 2 heterocycles. The van der Waals surface area contributed by atoms with Crippen LogP contribution in [0.2, 0.25) is 3.43 Å². The SMILES string of the molecule is CC(C)(C)OC(=O)c1nsc([C@@H]2O[C@H](COCc3ccccc3)[C@@H](OCc3ccccc3)[C@H]2OCc2ccccc2)[c]1[Sn][C](C)(C)C. The number of esters is 1. The van der Waals surface area contributed by atoms with Crippen LogP contribution in [0.15, 0.2) is 91.0 Å². The fourth-order valence-corrected chi connectivity index (χ4v) is 10.8. The van der Waals surface area contributed by atoms with Crippen LogP contribution in [0, 0.1) is 0 Å². The van der Waals surface area contributed by atoms with E-state index >= 15 is 0 Å². The van der Waals surface area contributed by atoms with E-state index in [0.29, 0.717) is 32.1 Å². The Balaban J connectivity index is 1.50. The van der Waals surface area contributed by atoms with E-state index in [0.717, 1.165) is 25.1 Å². The second-order valence-corrected chi connectivity index (χ2v) is 21.0. The topological polar surface area (TPSA) is 76.1 Å². The maximum atomic E-state index is 13.5. The van der Waals surface area contributed by atoms with Crippen molar-refractivity contribution in [3.63, 3.8) is 0 Å². The van der Waals surface area contributed by atoms with Crippen LogP contribution >= 0.6 is 11.5 Å². The van der Waals surface area contributed by atoms with Crippen LogP contribution in [0.4, 0.5) is 0 Å². The Hall–Kier alpha value is -2.60. The molecule has 5 rings (SSSR count). The van der Waals surface area contributed by atoms with E-state index < -0.39 is 51.2 Å². The van der Waals surface area contributed by atoms with Crippen molar-refractivity contribution in [1.29, 1.82) is 0 Å². The molecule has 0 N–H and O–H groups in total. The van der Waals surface area contributed by atoms with E-state index in [-0.39, 0.29) is 9.40 Å². The number of hydrogen-bond donors (Lipinski definition) is 0. The molecule has 0 aliphatic carbocycles. The van der Waals surface area contributed by atoms with Crippen LogP contribution < -0.4 is 3.58 Å². The normalized spacial score (nSPS) is 20.0. The molecular formula is C38H45NO6SSn. The number of carbonyl (C=O) groups is 1. The van der Waals surface area contributed by atoms with Crippen LogP contribution in [0.1, 0.15) is 79.7 Å². The molecule has 4 aromatic rings. The molecule has 2 radical (unpaired) electrons. The minimum absolute atomic E-state index is 0.0397. The van der Waals surface area contributed by atoms with E-state index in [9.17, 15) is 4.79 Å². The zero-order valence-electron chi connectivity index (χ0n) is 28.1. The number of hydrogen-bond acceptors (Lipinski definition) is 8. The second-order valence-electron chi connectivity index (χ2n) is 13.8. The first-order chi connectivity index (χ1) is 22.5. The van der Waals surface area contributed by atoms with E-state index in [4.69, 9.17) is 28.1 Å². The quantitative estimate of drug-likeness (QED) is 0.103. The molecule has 0 spiro atoms. The Bertz CT molecular complexity index is 1550. The molecule has 47 heavy (non-hydrogen) atoms. The molecule has 1 aliphatic heterocycles. The first kappa shape index (κ1) is 35.7. The van der Waals surface area contributed by atoms with Crippen molar-refractivity contribution >= 4 is 42.2 Å². The van der Waals surface area contributed by atoms with Crippen LogP contribution in [-0.4, -0.2) is 62.0 Å². The molecule has 4 atom stereocenters. The number of benzene rings is 3. The summed E-state index contributed by atoms with van der Waals surface area (Å²) in [6.07, 6.45) is -1.79. The molecule has 0 bridgehead atoms.